The van der Waals surface area contributed by atoms with Gasteiger partial charge in [0, 0.05) is 45.1 Å². The lowest BCUT2D eigenvalue weighted by molar-refractivity contribution is -0.146. The Balaban J connectivity index is 1.85. The molecule has 20 heavy (non-hydrogen) atoms. The summed E-state index contributed by atoms with van der Waals surface area (Å²) in [6.07, 6.45) is 3.34. The van der Waals surface area contributed by atoms with Crippen molar-refractivity contribution in [2.24, 2.45) is 0 Å². The number of nitrogens with one attached hydrogen (secondary N) is 1. The lowest BCUT2D eigenvalue weighted by atomic mass is 10.3. The highest BCUT2D eigenvalue weighted by Crippen LogP contribution is 2.09. The molecule has 0 aromatic carbocycles. The van der Waals surface area contributed by atoms with E-state index in [1.54, 1.807) is 18.5 Å². The number of carbonyl (C=O) groups is 2. The second-order valence-corrected chi connectivity index (χ2v) is 4.31. The molecule has 2 heterocycles. The number of amides is 2. The third-order valence-corrected chi connectivity index (χ3v) is 2.99. The third-order valence-electron chi connectivity index (χ3n) is 2.99. The van der Waals surface area contributed by atoms with Crippen molar-refractivity contribution in [2.75, 3.05) is 44.2 Å². The van der Waals surface area contributed by atoms with Gasteiger partial charge in [0.1, 0.15) is 0 Å². The van der Waals surface area contributed by atoms with Crippen molar-refractivity contribution in [3.8, 4) is 0 Å². The monoisotopic (exact) mass is 279 g/mol. The maximum atomic E-state index is 11.8. The summed E-state index contributed by atoms with van der Waals surface area (Å²) in [4.78, 5) is 35.1. The first-order valence-electron chi connectivity index (χ1n) is 6.42. The highest BCUT2D eigenvalue weighted by atomic mass is 16.3. The van der Waals surface area contributed by atoms with E-state index in [0.29, 0.717) is 32.1 Å². The highest BCUT2D eigenvalue weighted by molar-refractivity contribution is 6.35. The summed E-state index contributed by atoms with van der Waals surface area (Å²) in [5.74, 6) is -0.611. The Hall–Kier alpha value is -2.22. The number of aliphatic hydroxyl groups is 1. The van der Waals surface area contributed by atoms with Gasteiger partial charge in [-0.3, -0.25) is 9.59 Å². The van der Waals surface area contributed by atoms with Crippen LogP contribution in [0.2, 0.25) is 0 Å². The summed E-state index contributed by atoms with van der Waals surface area (Å²) >= 11 is 0. The molecule has 1 aromatic heterocycles. The SMILES string of the molecule is O=C(NCCO)C(=O)N1CCN(c2ncccn2)CC1. The number of rotatable bonds is 3. The van der Waals surface area contributed by atoms with Crippen LogP contribution in [-0.2, 0) is 9.59 Å². The van der Waals surface area contributed by atoms with Crippen LogP contribution >= 0.6 is 0 Å². The molecule has 0 unspecified atom stereocenters. The normalized spacial score (nSPS) is 15.1. The van der Waals surface area contributed by atoms with Gasteiger partial charge < -0.3 is 20.2 Å². The molecule has 8 heteroatoms. The molecule has 8 nitrogen and oxygen atoms in total. The first-order valence-corrected chi connectivity index (χ1v) is 6.42. The van der Waals surface area contributed by atoms with Gasteiger partial charge in [-0.25, -0.2) is 9.97 Å². The van der Waals surface area contributed by atoms with Gasteiger partial charge in [0.2, 0.25) is 5.95 Å². The quantitative estimate of drug-likeness (QED) is 0.636. The molecular formula is C12H17N5O3. The number of aromatic nitrogens is 2. The molecule has 2 N–H and O–H groups in total. The molecule has 108 valence electrons. The summed E-state index contributed by atoms with van der Waals surface area (Å²) in [6.45, 7) is 1.97. The Bertz CT molecular complexity index is 459. The lowest BCUT2D eigenvalue weighted by Crippen LogP contribution is -2.53. The largest absolute Gasteiger partial charge is 0.395 e. The van der Waals surface area contributed by atoms with Crippen molar-refractivity contribution in [1.29, 1.82) is 0 Å². The van der Waals surface area contributed by atoms with Crippen LogP contribution in [0.5, 0.6) is 0 Å². The number of anilines is 1. The zero-order valence-corrected chi connectivity index (χ0v) is 11.0. The van der Waals surface area contributed by atoms with Crippen molar-refractivity contribution in [1.82, 2.24) is 20.2 Å². The molecule has 0 bridgehead atoms. The second-order valence-electron chi connectivity index (χ2n) is 4.31. The van der Waals surface area contributed by atoms with Crippen molar-refractivity contribution in [3.05, 3.63) is 18.5 Å². The smallest absolute Gasteiger partial charge is 0.312 e. The number of piperazine rings is 1. The number of aliphatic hydroxyl groups excluding tert-OH is 1. The van der Waals surface area contributed by atoms with E-state index in [2.05, 4.69) is 15.3 Å². The van der Waals surface area contributed by atoms with Gasteiger partial charge in [-0.15, -0.1) is 0 Å². The second kappa shape index (κ2) is 6.80. The van der Waals surface area contributed by atoms with Gasteiger partial charge in [0.15, 0.2) is 0 Å². The number of carbonyl (C=O) groups excluding carboxylic acids is 2. The van der Waals surface area contributed by atoms with E-state index in [9.17, 15) is 9.59 Å². The minimum absolute atomic E-state index is 0.0857. The Morgan fingerprint density at radius 3 is 2.45 bits per heavy atom. The van der Waals surface area contributed by atoms with Crippen LogP contribution in [-0.4, -0.2) is 71.1 Å². The molecule has 2 amide bonds. The van der Waals surface area contributed by atoms with Gasteiger partial charge >= 0.3 is 11.8 Å². The maximum absolute atomic E-state index is 11.8. The van der Waals surface area contributed by atoms with Gasteiger partial charge in [-0.05, 0) is 6.07 Å². The van der Waals surface area contributed by atoms with Crippen LogP contribution in [0.25, 0.3) is 0 Å². The Morgan fingerprint density at radius 1 is 1.20 bits per heavy atom. The molecule has 1 saturated heterocycles. The fourth-order valence-electron chi connectivity index (χ4n) is 1.95. The van der Waals surface area contributed by atoms with Crippen LogP contribution < -0.4 is 10.2 Å². The van der Waals surface area contributed by atoms with Crippen molar-refractivity contribution < 1.29 is 14.7 Å². The molecule has 2 rings (SSSR count). The fraction of sp³-hybridized carbons (Fsp3) is 0.500. The average molecular weight is 279 g/mol. The minimum Gasteiger partial charge on any atom is -0.395 e. The Kier molecular flexibility index (Phi) is 4.83. The van der Waals surface area contributed by atoms with Crippen LogP contribution in [0.4, 0.5) is 5.95 Å². The zero-order valence-electron chi connectivity index (χ0n) is 11.0. The fourth-order valence-corrected chi connectivity index (χ4v) is 1.95. The van der Waals surface area contributed by atoms with E-state index in [-0.39, 0.29) is 13.2 Å². The highest BCUT2D eigenvalue weighted by Gasteiger charge is 2.26. The van der Waals surface area contributed by atoms with Crippen molar-refractivity contribution >= 4 is 17.8 Å². The molecular weight excluding hydrogens is 262 g/mol. The molecule has 1 fully saturated rings. The standard InChI is InChI=1S/C12H17N5O3/c18-9-4-13-10(19)11(20)16-5-7-17(8-6-16)12-14-2-1-3-15-12/h1-3,18H,4-9H2,(H,13,19). The average Bonchev–Trinajstić information content (AvgIpc) is 2.53. The van der Waals surface area contributed by atoms with Crippen LogP contribution in [0, 0.1) is 0 Å². The molecule has 0 spiro atoms. The van der Waals surface area contributed by atoms with E-state index in [1.165, 1.54) is 4.90 Å². The van der Waals surface area contributed by atoms with Crippen molar-refractivity contribution in [3.63, 3.8) is 0 Å². The van der Waals surface area contributed by atoms with Gasteiger partial charge in [-0.2, -0.15) is 0 Å². The number of hydrogen-bond donors (Lipinski definition) is 2. The summed E-state index contributed by atoms with van der Waals surface area (Å²) in [5.41, 5.74) is 0. The molecule has 0 saturated carbocycles. The predicted octanol–water partition coefficient (Wildman–Crippen LogP) is -1.77. The van der Waals surface area contributed by atoms with E-state index in [4.69, 9.17) is 5.11 Å². The molecule has 0 aliphatic carbocycles. The molecule has 1 aliphatic rings. The first-order chi connectivity index (χ1) is 9.72. The van der Waals surface area contributed by atoms with Gasteiger partial charge in [0.25, 0.3) is 0 Å². The summed E-state index contributed by atoms with van der Waals surface area (Å²) in [7, 11) is 0. The van der Waals surface area contributed by atoms with Crippen molar-refractivity contribution in [2.45, 2.75) is 0 Å². The lowest BCUT2D eigenvalue weighted by Gasteiger charge is -2.34. The van der Waals surface area contributed by atoms with Crippen LogP contribution in [0.3, 0.4) is 0 Å². The molecule has 1 aliphatic heterocycles. The summed E-state index contributed by atoms with van der Waals surface area (Å²) in [6, 6.07) is 1.74. The molecule has 0 atom stereocenters. The predicted molar refractivity (Wildman–Crippen MR) is 70.9 cm³/mol. The van der Waals surface area contributed by atoms with E-state index < -0.39 is 11.8 Å². The topological polar surface area (TPSA) is 98.7 Å². The summed E-state index contributed by atoms with van der Waals surface area (Å²) < 4.78 is 0. The van der Waals surface area contributed by atoms with E-state index in [0.717, 1.165) is 0 Å². The zero-order chi connectivity index (χ0) is 14.4. The van der Waals surface area contributed by atoms with Gasteiger partial charge in [0.05, 0.1) is 6.61 Å². The van der Waals surface area contributed by atoms with E-state index >= 15 is 0 Å². The first kappa shape index (κ1) is 14.2. The molecule has 1 aromatic rings. The Morgan fingerprint density at radius 2 is 1.85 bits per heavy atom. The number of hydrogen-bond acceptors (Lipinski definition) is 6. The third kappa shape index (κ3) is 3.41. The Labute approximate surface area is 116 Å². The summed E-state index contributed by atoms with van der Waals surface area (Å²) in [5, 5.41) is 11.0. The van der Waals surface area contributed by atoms with Gasteiger partial charge in [-0.1, -0.05) is 0 Å². The maximum Gasteiger partial charge on any atom is 0.312 e. The van der Waals surface area contributed by atoms with E-state index in [1.807, 2.05) is 4.90 Å². The number of nitrogens with zero attached hydrogens (tertiary/aromatic N) is 4. The molecule has 0 radical (unpaired) electrons. The minimum atomic E-state index is -0.677. The van der Waals surface area contributed by atoms with Crippen LogP contribution in [0.15, 0.2) is 18.5 Å². The van der Waals surface area contributed by atoms with Crippen LogP contribution in [0.1, 0.15) is 0 Å².